The molecule has 1 aromatic carbocycles. The zero-order valence-corrected chi connectivity index (χ0v) is 7.46. The first-order valence-corrected chi connectivity index (χ1v) is 3.99. The number of fused-ring (bicyclic) bond motifs is 1. The van der Waals surface area contributed by atoms with Crippen LogP contribution in [0.3, 0.4) is 0 Å². The molecule has 0 atom stereocenters. The molecule has 0 aliphatic carbocycles. The van der Waals surface area contributed by atoms with Gasteiger partial charge in [0.25, 0.3) is 0 Å². The number of carbonyl (C=O) groups excluding carboxylic acids is 1. The van der Waals surface area contributed by atoms with E-state index in [9.17, 15) is 9.59 Å². The number of rotatable bonds is 1. The molecule has 0 aliphatic rings. The second-order valence-electron chi connectivity index (χ2n) is 2.52. The number of aromatic amines is 1. The molecule has 5 nitrogen and oxygen atoms in total. The average Bonchev–Trinajstić information content (AvgIpc) is 2.45. The van der Waals surface area contributed by atoms with Crippen molar-refractivity contribution in [2.24, 2.45) is 4.99 Å². The Kier molecular flexibility index (Phi) is 1.96. The molecule has 0 bridgehead atoms. The maximum atomic E-state index is 10.8. The summed E-state index contributed by atoms with van der Waals surface area (Å²) in [6.07, 6.45) is 1.36. The van der Waals surface area contributed by atoms with E-state index >= 15 is 0 Å². The van der Waals surface area contributed by atoms with Gasteiger partial charge in [-0.1, -0.05) is 11.6 Å². The standard InChI is InChI=1S/C8H3ClN2O3/c9-4-1-7-6(11-8(13)14-7)2-5(4)10-3-12/h1-2H,(H,11,13). The van der Waals surface area contributed by atoms with Crippen molar-refractivity contribution < 1.29 is 9.21 Å². The van der Waals surface area contributed by atoms with Gasteiger partial charge in [-0.15, -0.1) is 0 Å². The highest BCUT2D eigenvalue weighted by Gasteiger charge is 2.06. The fraction of sp³-hybridized carbons (Fsp3) is 0. The third kappa shape index (κ3) is 1.35. The monoisotopic (exact) mass is 210 g/mol. The van der Waals surface area contributed by atoms with Crippen LogP contribution in [-0.4, -0.2) is 11.1 Å². The van der Waals surface area contributed by atoms with Gasteiger partial charge in [0.2, 0.25) is 6.08 Å². The van der Waals surface area contributed by atoms with Crippen molar-refractivity contribution in [1.82, 2.24) is 4.98 Å². The number of hydrogen-bond donors (Lipinski definition) is 1. The smallest absolute Gasteiger partial charge is 0.408 e. The van der Waals surface area contributed by atoms with E-state index < -0.39 is 5.76 Å². The van der Waals surface area contributed by atoms with Crippen molar-refractivity contribution in [2.75, 3.05) is 0 Å². The molecule has 0 amide bonds. The van der Waals surface area contributed by atoms with Gasteiger partial charge in [-0.05, 0) is 6.07 Å². The Morgan fingerprint density at radius 1 is 1.50 bits per heavy atom. The normalized spacial score (nSPS) is 10.1. The average molecular weight is 211 g/mol. The van der Waals surface area contributed by atoms with Crippen LogP contribution >= 0.6 is 11.6 Å². The molecule has 2 rings (SSSR count). The molecule has 14 heavy (non-hydrogen) atoms. The van der Waals surface area contributed by atoms with Crippen LogP contribution in [0.2, 0.25) is 5.02 Å². The minimum Gasteiger partial charge on any atom is -0.408 e. The van der Waals surface area contributed by atoms with Gasteiger partial charge < -0.3 is 4.42 Å². The fourth-order valence-electron chi connectivity index (χ4n) is 1.10. The lowest BCUT2D eigenvalue weighted by atomic mass is 10.3. The third-order valence-electron chi connectivity index (χ3n) is 1.65. The number of nitrogens with zero attached hydrogens (tertiary/aromatic N) is 1. The van der Waals surface area contributed by atoms with Crippen LogP contribution in [-0.2, 0) is 4.79 Å². The van der Waals surface area contributed by atoms with Gasteiger partial charge in [0.15, 0.2) is 5.58 Å². The van der Waals surface area contributed by atoms with E-state index in [1.807, 2.05) is 0 Å². The van der Waals surface area contributed by atoms with Crippen molar-refractivity contribution in [3.05, 3.63) is 27.7 Å². The number of oxazole rings is 1. The fourth-order valence-corrected chi connectivity index (χ4v) is 1.29. The second kappa shape index (κ2) is 3.14. The minimum atomic E-state index is -0.580. The van der Waals surface area contributed by atoms with Crippen LogP contribution in [0, 0.1) is 0 Å². The van der Waals surface area contributed by atoms with E-state index in [-0.39, 0.29) is 10.7 Å². The van der Waals surface area contributed by atoms with Crippen molar-refractivity contribution in [3.63, 3.8) is 0 Å². The molecular formula is C8H3ClN2O3. The summed E-state index contributed by atoms with van der Waals surface area (Å²) in [5, 5.41) is 0.226. The maximum absolute atomic E-state index is 10.8. The summed E-state index contributed by atoms with van der Waals surface area (Å²) < 4.78 is 4.75. The Morgan fingerprint density at radius 2 is 2.29 bits per heavy atom. The Hall–Kier alpha value is -1.84. The zero-order valence-electron chi connectivity index (χ0n) is 6.70. The molecule has 0 spiro atoms. The highest BCUT2D eigenvalue weighted by molar-refractivity contribution is 6.33. The van der Waals surface area contributed by atoms with E-state index in [4.69, 9.17) is 16.0 Å². The Labute approximate surface area is 82.0 Å². The van der Waals surface area contributed by atoms with E-state index in [2.05, 4.69) is 9.98 Å². The summed E-state index contributed by atoms with van der Waals surface area (Å²) in [7, 11) is 0. The number of isocyanates is 1. The predicted octanol–water partition coefficient (Wildman–Crippen LogP) is 1.74. The third-order valence-corrected chi connectivity index (χ3v) is 1.96. The molecule has 0 aliphatic heterocycles. The van der Waals surface area contributed by atoms with E-state index in [1.165, 1.54) is 18.2 Å². The van der Waals surface area contributed by atoms with E-state index in [0.29, 0.717) is 11.1 Å². The Morgan fingerprint density at radius 3 is 3.00 bits per heavy atom. The largest absolute Gasteiger partial charge is 0.417 e. The number of aliphatic imine (C=N–C) groups is 1. The molecule has 1 N–H and O–H groups in total. The van der Waals surface area contributed by atoms with E-state index in [0.717, 1.165) is 0 Å². The molecule has 2 aromatic rings. The molecule has 0 saturated heterocycles. The van der Waals surface area contributed by atoms with Gasteiger partial charge in [0.1, 0.15) is 0 Å². The number of benzene rings is 1. The van der Waals surface area contributed by atoms with Crippen LogP contribution < -0.4 is 5.76 Å². The SMILES string of the molecule is O=C=Nc1cc2[nH]c(=O)oc2cc1Cl. The lowest BCUT2D eigenvalue weighted by Crippen LogP contribution is -1.92. The van der Waals surface area contributed by atoms with Gasteiger partial charge in [0, 0.05) is 6.07 Å². The van der Waals surface area contributed by atoms with Crippen LogP contribution in [0.15, 0.2) is 26.3 Å². The van der Waals surface area contributed by atoms with E-state index in [1.54, 1.807) is 0 Å². The number of H-pyrrole nitrogens is 1. The highest BCUT2D eigenvalue weighted by atomic mass is 35.5. The van der Waals surface area contributed by atoms with Gasteiger partial charge in [-0.3, -0.25) is 4.98 Å². The van der Waals surface area contributed by atoms with Crippen LogP contribution in [0.1, 0.15) is 0 Å². The van der Waals surface area contributed by atoms with Gasteiger partial charge in [-0.25, -0.2) is 9.59 Å². The Bertz CT molecular complexity index is 592. The van der Waals surface area contributed by atoms with Gasteiger partial charge >= 0.3 is 5.76 Å². The minimum absolute atomic E-state index is 0.226. The summed E-state index contributed by atoms with van der Waals surface area (Å²) in [6, 6.07) is 2.85. The van der Waals surface area contributed by atoms with Crippen molar-refractivity contribution in [1.29, 1.82) is 0 Å². The van der Waals surface area contributed by atoms with Crippen LogP contribution in [0.25, 0.3) is 11.1 Å². The topological polar surface area (TPSA) is 75.4 Å². The number of nitrogens with one attached hydrogen (secondary N) is 1. The molecule has 0 radical (unpaired) electrons. The summed E-state index contributed by atoms with van der Waals surface area (Å²) in [5.74, 6) is -0.580. The number of hydrogen-bond acceptors (Lipinski definition) is 4. The first-order chi connectivity index (χ1) is 6.70. The van der Waals surface area contributed by atoms with Crippen molar-refractivity contribution in [2.45, 2.75) is 0 Å². The summed E-state index contributed by atoms with van der Waals surface area (Å²) in [5.41, 5.74) is 1.00. The van der Waals surface area contributed by atoms with Crippen molar-refractivity contribution in [3.8, 4) is 0 Å². The second-order valence-corrected chi connectivity index (χ2v) is 2.92. The maximum Gasteiger partial charge on any atom is 0.417 e. The highest BCUT2D eigenvalue weighted by Crippen LogP contribution is 2.28. The molecule has 0 unspecified atom stereocenters. The molecule has 1 heterocycles. The van der Waals surface area contributed by atoms with Gasteiger partial charge in [-0.2, -0.15) is 4.99 Å². The van der Waals surface area contributed by atoms with Crippen LogP contribution in [0.4, 0.5) is 5.69 Å². The number of halogens is 1. The molecular weight excluding hydrogens is 208 g/mol. The summed E-state index contributed by atoms with van der Waals surface area (Å²) in [6.45, 7) is 0. The predicted molar refractivity (Wildman–Crippen MR) is 49.6 cm³/mol. The molecule has 6 heteroatoms. The zero-order chi connectivity index (χ0) is 10.1. The summed E-state index contributed by atoms with van der Waals surface area (Å²) >= 11 is 5.74. The number of aromatic nitrogens is 1. The molecule has 0 fully saturated rings. The van der Waals surface area contributed by atoms with Crippen LogP contribution in [0.5, 0.6) is 0 Å². The molecule has 70 valence electrons. The quantitative estimate of drug-likeness (QED) is 0.575. The lowest BCUT2D eigenvalue weighted by molar-refractivity contribution is 0.555. The lowest BCUT2D eigenvalue weighted by Gasteiger charge is -1.93. The van der Waals surface area contributed by atoms with Gasteiger partial charge in [0.05, 0.1) is 16.2 Å². The molecule has 1 aromatic heterocycles. The summed E-state index contributed by atoms with van der Waals surface area (Å²) in [4.78, 5) is 26.6. The van der Waals surface area contributed by atoms with Crippen molar-refractivity contribution >= 4 is 34.5 Å². The first-order valence-electron chi connectivity index (χ1n) is 3.61. The molecule has 0 saturated carbocycles. The Balaban J connectivity index is 2.82. The first kappa shape index (κ1) is 8.74.